The van der Waals surface area contributed by atoms with Gasteiger partial charge >= 0.3 is 0 Å². The lowest BCUT2D eigenvalue weighted by molar-refractivity contribution is 0.492. The first kappa shape index (κ1) is 11.2. The fraction of sp³-hybridized carbons (Fsp3) is 0.375. The van der Waals surface area contributed by atoms with Gasteiger partial charge in [0.25, 0.3) is 0 Å². The van der Waals surface area contributed by atoms with Crippen LogP contribution < -0.4 is 0 Å². The van der Waals surface area contributed by atoms with E-state index in [1.165, 1.54) is 52.7 Å². The molecule has 1 fully saturated rings. The van der Waals surface area contributed by atoms with Gasteiger partial charge in [0.1, 0.15) is 0 Å². The standard InChI is InChI=1S/C16H16S2/c1-4-8-16(9-5-1)17-14-10-12-6-2-3-7-13(12)11-15(14)18-16/h2-3,6-7,10-11H,1,4-5,8-9H2. The summed E-state index contributed by atoms with van der Waals surface area (Å²) in [5.74, 6) is 0. The van der Waals surface area contributed by atoms with Gasteiger partial charge in [0.15, 0.2) is 0 Å². The molecule has 1 spiro atoms. The maximum absolute atomic E-state index is 2.39. The second-order valence-corrected chi connectivity index (χ2v) is 8.43. The number of thioether (sulfide) groups is 2. The molecule has 1 aliphatic carbocycles. The van der Waals surface area contributed by atoms with Gasteiger partial charge in [-0.3, -0.25) is 0 Å². The van der Waals surface area contributed by atoms with E-state index in [0.29, 0.717) is 4.08 Å². The molecule has 0 atom stereocenters. The molecule has 1 aliphatic heterocycles. The maximum Gasteiger partial charge on any atom is 0.0705 e. The Hall–Kier alpha value is -0.600. The van der Waals surface area contributed by atoms with Gasteiger partial charge in [-0.1, -0.05) is 43.5 Å². The zero-order valence-corrected chi connectivity index (χ0v) is 11.9. The summed E-state index contributed by atoms with van der Waals surface area (Å²) in [7, 11) is 0. The zero-order chi connectivity index (χ0) is 12.0. The highest BCUT2D eigenvalue weighted by Crippen LogP contribution is 2.61. The summed E-state index contributed by atoms with van der Waals surface area (Å²) >= 11 is 4.27. The zero-order valence-electron chi connectivity index (χ0n) is 10.3. The van der Waals surface area contributed by atoms with Crippen molar-refractivity contribution in [2.75, 3.05) is 0 Å². The van der Waals surface area contributed by atoms with Crippen LogP contribution in [-0.4, -0.2) is 4.08 Å². The van der Waals surface area contributed by atoms with E-state index in [2.05, 4.69) is 59.9 Å². The summed E-state index contributed by atoms with van der Waals surface area (Å²) in [4.78, 5) is 3.03. The summed E-state index contributed by atoms with van der Waals surface area (Å²) in [5.41, 5.74) is 0. The molecule has 92 valence electrons. The molecule has 1 saturated carbocycles. The predicted octanol–water partition coefficient (Wildman–Crippen LogP) is 5.70. The van der Waals surface area contributed by atoms with Crippen LogP contribution >= 0.6 is 23.5 Å². The fourth-order valence-corrected chi connectivity index (χ4v) is 6.51. The lowest BCUT2D eigenvalue weighted by Crippen LogP contribution is -2.20. The van der Waals surface area contributed by atoms with Crippen molar-refractivity contribution in [1.82, 2.24) is 0 Å². The number of fused-ring (bicyclic) bond motifs is 2. The molecule has 18 heavy (non-hydrogen) atoms. The third kappa shape index (κ3) is 1.78. The summed E-state index contributed by atoms with van der Waals surface area (Å²) in [6, 6.07) is 13.5. The van der Waals surface area contributed by atoms with E-state index in [1.54, 1.807) is 0 Å². The van der Waals surface area contributed by atoms with Gasteiger partial charge < -0.3 is 0 Å². The first-order chi connectivity index (χ1) is 8.85. The van der Waals surface area contributed by atoms with Crippen LogP contribution in [0.3, 0.4) is 0 Å². The van der Waals surface area contributed by atoms with Crippen molar-refractivity contribution in [3.05, 3.63) is 36.4 Å². The summed E-state index contributed by atoms with van der Waals surface area (Å²) in [6.07, 6.45) is 7.02. The van der Waals surface area contributed by atoms with Gasteiger partial charge in [-0.05, 0) is 35.7 Å². The predicted molar refractivity (Wildman–Crippen MR) is 81.5 cm³/mol. The SMILES string of the molecule is c1ccc2cc3c(cc2c1)SC1(CCCCC1)S3. The van der Waals surface area contributed by atoms with Gasteiger partial charge in [0.05, 0.1) is 4.08 Å². The lowest BCUT2D eigenvalue weighted by atomic mass is 10.00. The third-order valence-electron chi connectivity index (χ3n) is 4.02. The van der Waals surface area contributed by atoms with Crippen molar-refractivity contribution in [1.29, 1.82) is 0 Å². The van der Waals surface area contributed by atoms with E-state index in [0.717, 1.165) is 0 Å². The Kier molecular flexibility index (Phi) is 2.63. The van der Waals surface area contributed by atoms with Gasteiger partial charge in [-0.15, -0.1) is 23.5 Å². The van der Waals surface area contributed by atoms with Crippen molar-refractivity contribution in [2.24, 2.45) is 0 Å². The van der Waals surface area contributed by atoms with Crippen LogP contribution in [-0.2, 0) is 0 Å². The molecule has 1 heterocycles. The van der Waals surface area contributed by atoms with Gasteiger partial charge in [-0.25, -0.2) is 0 Å². The Morgan fingerprint density at radius 1 is 0.778 bits per heavy atom. The lowest BCUT2D eigenvalue weighted by Gasteiger charge is -2.31. The van der Waals surface area contributed by atoms with Crippen molar-refractivity contribution < 1.29 is 0 Å². The first-order valence-corrected chi connectivity index (χ1v) is 8.39. The average Bonchev–Trinajstić information content (AvgIpc) is 2.73. The van der Waals surface area contributed by atoms with Crippen LogP contribution in [0, 0.1) is 0 Å². The van der Waals surface area contributed by atoms with E-state index in [4.69, 9.17) is 0 Å². The molecule has 2 heteroatoms. The smallest absolute Gasteiger partial charge is 0.0705 e. The second-order valence-electron chi connectivity index (χ2n) is 5.32. The van der Waals surface area contributed by atoms with E-state index in [9.17, 15) is 0 Å². The first-order valence-electron chi connectivity index (χ1n) is 6.76. The van der Waals surface area contributed by atoms with E-state index in [1.807, 2.05) is 0 Å². The number of benzene rings is 2. The molecule has 0 bridgehead atoms. The molecular formula is C16H16S2. The minimum Gasteiger partial charge on any atom is -0.107 e. The molecule has 0 nitrogen and oxygen atoms in total. The number of hydrogen-bond donors (Lipinski definition) is 0. The van der Waals surface area contributed by atoms with E-state index < -0.39 is 0 Å². The largest absolute Gasteiger partial charge is 0.107 e. The Balaban J connectivity index is 1.78. The van der Waals surface area contributed by atoms with Gasteiger partial charge in [0.2, 0.25) is 0 Å². The Morgan fingerprint density at radius 2 is 1.33 bits per heavy atom. The van der Waals surface area contributed by atoms with Crippen molar-refractivity contribution >= 4 is 34.3 Å². The highest BCUT2D eigenvalue weighted by molar-refractivity contribution is 8.20. The van der Waals surface area contributed by atoms with Crippen LogP contribution in [0.4, 0.5) is 0 Å². The minimum atomic E-state index is 0.470. The van der Waals surface area contributed by atoms with Crippen molar-refractivity contribution in [3.8, 4) is 0 Å². The molecule has 4 rings (SSSR count). The van der Waals surface area contributed by atoms with Gasteiger partial charge in [-0.2, -0.15) is 0 Å². The van der Waals surface area contributed by atoms with Crippen LogP contribution in [0.25, 0.3) is 10.8 Å². The molecule has 0 radical (unpaired) electrons. The highest BCUT2D eigenvalue weighted by atomic mass is 32.2. The van der Waals surface area contributed by atoms with E-state index in [-0.39, 0.29) is 0 Å². The molecule has 0 amide bonds. The number of hydrogen-bond acceptors (Lipinski definition) is 2. The topological polar surface area (TPSA) is 0 Å². The Bertz CT molecular complexity index is 551. The maximum atomic E-state index is 2.39. The highest BCUT2D eigenvalue weighted by Gasteiger charge is 2.40. The molecular weight excluding hydrogens is 256 g/mol. The van der Waals surface area contributed by atoms with Crippen LogP contribution in [0.15, 0.2) is 46.2 Å². The summed E-state index contributed by atoms with van der Waals surface area (Å²) < 4.78 is 0.470. The normalized spacial score (nSPS) is 21.3. The van der Waals surface area contributed by atoms with Crippen molar-refractivity contribution in [2.45, 2.75) is 46.0 Å². The molecule has 0 N–H and O–H groups in total. The Labute approximate surface area is 117 Å². The minimum absolute atomic E-state index is 0.470. The molecule has 0 aromatic heterocycles. The second kappa shape index (κ2) is 4.21. The fourth-order valence-electron chi connectivity index (χ4n) is 3.07. The molecule has 0 unspecified atom stereocenters. The quantitative estimate of drug-likeness (QED) is 0.603. The molecule has 2 aromatic rings. The Morgan fingerprint density at radius 3 is 1.89 bits per heavy atom. The van der Waals surface area contributed by atoms with Crippen molar-refractivity contribution in [3.63, 3.8) is 0 Å². The monoisotopic (exact) mass is 272 g/mol. The van der Waals surface area contributed by atoms with E-state index >= 15 is 0 Å². The average molecular weight is 272 g/mol. The summed E-state index contributed by atoms with van der Waals surface area (Å²) in [5, 5.41) is 2.77. The molecule has 0 saturated heterocycles. The van der Waals surface area contributed by atoms with Crippen LogP contribution in [0.1, 0.15) is 32.1 Å². The van der Waals surface area contributed by atoms with Gasteiger partial charge in [0, 0.05) is 9.79 Å². The third-order valence-corrected chi connectivity index (χ3v) is 7.32. The summed E-state index contributed by atoms with van der Waals surface area (Å²) in [6.45, 7) is 0. The number of rotatable bonds is 0. The molecule has 2 aliphatic rings. The van der Waals surface area contributed by atoms with Crippen LogP contribution in [0.5, 0.6) is 0 Å². The molecule has 2 aromatic carbocycles. The van der Waals surface area contributed by atoms with Crippen LogP contribution in [0.2, 0.25) is 0 Å².